The summed E-state index contributed by atoms with van der Waals surface area (Å²) < 4.78 is 1.77. The number of rotatable bonds is 5. The molecule has 10 nitrogen and oxygen atoms in total. The predicted molar refractivity (Wildman–Crippen MR) is 109 cm³/mol. The molecular formula is C19H24N8O2. The van der Waals surface area contributed by atoms with Gasteiger partial charge in [0.2, 0.25) is 0 Å². The first-order valence-corrected chi connectivity index (χ1v) is 10.1. The number of hydrogen-bond donors (Lipinski definition) is 3. The lowest BCUT2D eigenvalue weighted by Gasteiger charge is -2.35. The van der Waals surface area contributed by atoms with E-state index in [1.807, 2.05) is 0 Å². The van der Waals surface area contributed by atoms with Gasteiger partial charge < -0.3 is 20.4 Å². The number of nitrogens with one attached hydrogen (secondary N) is 3. The van der Waals surface area contributed by atoms with E-state index in [1.54, 1.807) is 16.8 Å². The van der Waals surface area contributed by atoms with Gasteiger partial charge in [-0.1, -0.05) is 6.92 Å². The minimum absolute atomic E-state index is 0.199. The van der Waals surface area contributed by atoms with Crippen LogP contribution in [0, 0.1) is 0 Å². The number of likely N-dealkylation sites (N-methyl/N-ethyl adjacent to an activating group) is 1. The van der Waals surface area contributed by atoms with Crippen molar-refractivity contribution in [3.63, 3.8) is 0 Å². The molecule has 152 valence electrons. The van der Waals surface area contributed by atoms with Crippen LogP contribution in [0.4, 0.5) is 16.4 Å². The Morgan fingerprint density at radius 3 is 2.66 bits per heavy atom. The number of piperazine rings is 1. The van der Waals surface area contributed by atoms with Gasteiger partial charge in [0.25, 0.3) is 5.91 Å². The molecule has 3 fully saturated rings. The average Bonchev–Trinajstić information content (AvgIpc) is 3.36. The van der Waals surface area contributed by atoms with Crippen molar-refractivity contribution in [1.29, 1.82) is 0 Å². The summed E-state index contributed by atoms with van der Waals surface area (Å²) in [5.74, 6) is 1.35. The summed E-state index contributed by atoms with van der Waals surface area (Å²) in [4.78, 5) is 32.9. The van der Waals surface area contributed by atoms with Gasteiger partial charge in [-0.25, -0.2) is 9.78 Å². The summed E-state index contributed by atoms with van der Waals surface area (Å²) in [6.45, 7) is 7.10. The normalized spacial score (nSPS) is 21.7. The van der Waals surface area contributed by atoms with Crippen LogP contribution in [0.5, 0.6) is 0 Å². The zero-order valence-electron chi connectivity index (χ0n) is 16.3. The van der Waals surface area contributed by atoms with Gasteiger partial charge in [0.05, 0.1) is 6.20 Å². The van der Waals surface area contributed by atoms with Crippen LogP contribution < -0.4 is 20.9 Å². The highest BCUT2D eigenvalue weighted by Gasteiger charge is 2.26. The van der Waals surface area contributed by atoms with Crippen molar-refractivity contribution < 1.29 is 9.59 Å². The van der Waals surface area contributed by atoms with Gasteiger partial charge in [0, 0.05) is 43.9 Å². The highest BCUT2D eigenvalue weighted by atomic mass is 16.2. The van der Waals surface area contributed by atoms with Gasteiger partial charge in [-0.15, -0.1) is 0 Å². The lowest BCUT2D eigenvalue weighted by molar-refractivity contribution is -0.115. The molecule has 1 saturated carbocycles. The van der Waals surface area contributed by atoms with Gasteiger partial charge in [-0.05, 0) is 25.5 Å². The van der Waals surface area contributed by atoms with Gasteiger partial charge in [-0.2, -0.15) is 9.61 Å². The van der Waals surface area contributed by atoms with E-state index in [2.05, 4.69) is 43.8 Å². The van der Waals surface area contributed by atoms with E-state index in [0.717, 1.165) is 57.2 Å². The van der Waals surface area contributed by atoms with Crippen molar-refractivity contribution in [2.24, 2.45) is 0 Å². The van der Waals surface area contributed by atoms with Crippen molar-refractivity contribution in [2.75, 3.05) is 42.9 Å². The van der Waals surface area contributed by atoms with E-state index in [-0.39, 0.29) is 5.70 Å². The lowest BCUT2D eigenvalue weighted by atomic mass is 10.2. The van der Waals surface area contributed by atoms with E-state index < -0.39 is 11.9 Å². The topological polar surface area (TPSA) is 107 Å². The molecule has 3 aliphatic rings. The summed E-state index contributed by atoms with van der Waals surface area (Å²) in [5, 5.41) is 12.7. The highest BCUT2D eigenvalue weighted by Crippen LogP contribution is 2.29. The minimum Gasteiger partial charge on any atom is -0.367 e. The zero-order chi connectivity index (χ0) is 20.0. The molecule has 2 aromatic heterocycles. The van der Waals surface area contributed by atoms with Crippen molar-refractivity contribution >= 4 is 35.3 Å². The number of nitrogens with zero attached hydrogens (tertiary/aromatic N) is 5. The van der Waals surface area contributed by atoms with Gasteiger partial charge >= 0.3 is 6.03 Å². The largest absolute Gasteiger partial charge is 0.367 e. The Morgan fingerprint density at radius 1 is 1.21 bits per heavy atom. The number of fused-ring (bicyclic) bond motifs is 1. The molecule has 1 aliphatic carbocycles. The summed E-state index contributed by atoms with van der Waals surface area (Å²) >= 11 is 0. The molecule has 29 heavy (non-hydrogen) atoms. The Bertz CT molecular complexity index is 1000. The van der Waals surface area contributed by atoms with E-state index in [1.165, 1.54) is 0 Å². The van der Waals surface area contributed by atoms with E-state index in [0.29, 0.717) is 17.3 Å². The molecule has 0 bridgehead atoms. The van der Waals surface area contributed by atoms with Crippen molar-refractivity contribution in [1.82, 2.24) is 30.1 Å². The molecule has 2 aromatic rings. The van der Waals surface area contributed by atoms with Crippen LogP contribution in [-0.4, -0.2) is 70.2 Å². The van der Waals surface area contributed by atoms with E-state index in [4.69, 9.17) is 4.98 Å². The van der Waals surface area contributed by atoms with E-state index >= 15 is 0 Å². The lowest BCUT2D eigenvalue weighted by Crippen LogP contribution is -2.46. The number of carbonyl (C=O) groups is 2. The molecule has 10 heteroatoms. The van der Waals surface area contributed by atoms with Crippen LogP contribution in [0.1, 0.15) is 25.3 Å². The molecule has 0 spiro atoms. The Balaban J connectivity index is 1.53. The van der Waals surface area contributed by atoms with Crippen LogP contribution in [0.15, 0.2) is 18.0 Å². The summed E-state index contributed by atoms with van der Waals surface area (Å²) in [6.07, 6.45) is 5.59. The summed E-state index contributed by atoms with van der Waals surface area (Å²) in [6, 6.07) is 2.01. The number of anilines is 2. The third-order valence-corrected chi connectivity index (χ3v) is 5.58. The van der Waals surface area contributed by atoms with Crippen LogP contribution in [0.3, 0.4) is 0 Å². The number of urea groups is 1. The zero-order valence-corrected chi connectivity index (χ0v) is 16.3. The third-order valence-electron chi connectivity index (χ3n) is 5.58. The maximum Gasteiger partial charge on any atom is 0.326 e. The number of hydrogen-bond acceptors (Lipinski definition) is 7. The molecule has 2 aliphatic heterocycles. The Labute approximate surface area is 167 Å². The Kier molecular flexibility index (Phi) is 4.35. The molecule has 5 rings (SSSR count). The van der Waals surface area contributed by atoms with Crippen molar-refractivity contribution in [3.8, 4) is 0 Å². The van der Waals surface area contributed by atoms with Gasteiger partial charge in [0.1, 0.15) is 17.3 Å². The molecular weight excluding hydrogens is 372 g/mol. The fourth-order valence-corrected chi connectivity index (χ4v) is 3.70. The first-order valence-electron chi connectivity index (χ1n) is 10.1. The first kappa shape index (κ1) is 17.9. The minimum atomic E-state index is -0.517. The number of aromatic nitrogens is 3. The smallest absolute Gasteiger partial charge is 0.326 e. The first-order chi connectivity index (χ1) is 14.1. The standard InChI is InChI=1S/C19H24N8O2/c1-2-25-5-7-26(8-6-25)15-10-16(21-13-3-4-13)27-17(23-15)12(11-20-27)9-14-18(28)24-19(29)22-14/h9-11,13,21H,2-8H2,1H3,(H2,22,24,28,29)/b14-9+. The number of amides is 3. The number of carbonyl (C=O) groups excluding carboxylic acids is 2. The molecule has 3 amide bonds. The fourth-order valence-electron chi connectivity index (χ4n) is 3.70. The second kappa shape index (κ2) is 7.03. The number of imide groups is 1. The Hall–Kier alpha value is -3.14. The highest BCUT2D eigenvalue weighted by molar-refractivity contribution is 6.14. The molecule has 0 radical (unpaired) electrons. The quantitative estimate of drug-likeness (QED) is 0.503. The SMILES string of the molecule is CCN1CCN(c2cc(NC3CC3)n3ncc(/C=C4/NC(=O)NC4=O)c3n2)CC1. The average molecular weight is 396 g/mol. The van der Waals surface area contributed by atoms with Crippen molar-refractivity contribution in [3.05, 3.63) is 23.5 Å². The van der Waals surface area contributed by atoms with Gasteiger partial charge in [-0.3, -0.25) is 10.1 Å². The van der Waals surface area contributed by atoms with E-state index in [9.17, 15) is 9.59 Å². The third kappa shape index (κ3) is 3.51. The molecule has 2 saturated heterocycles. The van der Waals surface area contributed by atoms with Gasteiger partial charge in [0.15, 0.2) is 5.65 Å². The molecule has 0 atom stereocenters. The van der Waals surface area contributed by atoms with Crippen LogP contribution in [0.25, 0.3) is 11.7 Å². The second-order valence-corrected chi connectivity index (χ2v) is 7.64. The summed E-state index contributed by atoms with van der Waals surface area (Å²) in [5.41, 5.74) is 1.54. The Morgan fingerprint density at radius 2 is 2.00 bits per heavy atom. The van der Waals surface area contributed by atoms with Crippen LogP contribution in [0.2, 0.25) is 0 Å². The van der Waals surface area contributed by atoms with Crippen LogP contribution >= 0.6 is 0 Å². The predicted octanol–water partition coefficient (Wildman–Crippen LogP) is 0.626. The fraction of sp³-hybridized carbons (Fsp3) is 0.474. The second-order valence-electron chi connectivity index (χ2n) is 7.64. The molecule has 4 heterocycles. The summed E-state index contributed by atoms with van der Waals surface area (Å²) in [7, 11) is 0. The maximum atomic E-state index is 11.9. The monoisotopic (exact) mass is 396 g/mol. The molecule has 0 aromatic carbocycles. The molecule has 0 unspecified atom stereocenters. The van der Waals surface area contributed by atoms with Crippen LogP contribution in [-0.2, 0) is 4.79 Å². The van der Waals surface area contributed by atoms with Crippen molar-refractivity contribution in [2.45, 2.75) is 25.8 Å². The molecule has 3 N–H and O–H groups in total. The maximum absolute atomic E-state index is 11.9.